The maximum Gasteiger partial charge on any atom is 0.313 e. The van der Waals surface area contributed by atoms with Crippen LogP contribution < -0.4 is 10.1 Å². The van der Waals surface area contributed by atoms with E-state index in [1.54, 1.807) is 7.05 Å². The maximum absolute atomic E-state index is 13.6. The fraction of sp³-hybridized carbons (Fsp3) is 0.211. The third-order valence-electron chi connectivity index (χ3n) is 4.18. The number of halogens is 5. The van der Waals surface area contributed by atoms with E-state index in [2.05, 4.69) is 10.1 Å². The number of hydrogen-bond donors (Lipinski definition) is 1. The van der Waals surface area contributed by atoms with Gasteiger partial charge in [-0.3, -0.25) is 4.79 Å². The van der Waals surface area contributed by atoms with Gasteiger partial charge in [0.25, 0.3) is 0 Å². The fourth-order valence-electron chi connectivity index (χ4n) is 2.90. The van der Waals surface area contributed by atoms with Crippen molar-refractivity contribution in [3.8, 4) is 5.75 Å². The van der Waals surface area contributed by atoms with Crippen molar-refractivity contribution in [2.45, 2.75) is 19.5 Å². The van der Waals surface area contributed by atoms with Gasteiger partial charge >= 0.3 is 5.97 Å². The molecule has 0 aliphatic carbocycles. The minimum atomic E-state index is -2.31. The summed E-state index contributed by atoms with van der Waals surface area (Å²) in [5, 5.41) is 3.92. The molecule has 4 nitrogen and oxygen atoms in total. The summed E-state index contributed by atoms with van der Waals surface area (Å²) in [5.41, 5.74) is 1.68. The Hall–Kier alpha value is -2.94. The maximum atomic E-state index is 13.6. The van der Waals surface area contributed by atoms with E-state index in [0.29, 0.717) is 6.54 Å². The summed E-state index contributed by atoms with van der Waals surface area (Å²) in [4.78, 5) is 12.0. The van der Waals surface area contributed by atoms with Gasteiger partial charge in [-0.15, -0.1) is 0 Å². The summed E-state index contributed by atoms with van der Waals surface area (Å²) in [6, 6.07) is 9.31. The smallest absolute Gasteiger partial charge is 0.313 e. The zero-order valence-corrected chi connectivity index (χ0v) is 14.7. The van der Waals surface area contributed by atoms with Gasteiger partial charge in [-0.1, -0.05) is 18.2 Å². The van der Waals surface area contributed by atoms with Crippen LogP contribution in [-0.4, -0.2) is 17.6 Å². The number of nitrogens with zero attached hydrogens (tertiary/aromatic N) is 1. The van der Waals surface area contributed by atoms with E-state index in [0.717, 1.165) is 16.6 Å². The lowest BCUT2D eigenvalue weighted by atomic mass is 10.2. The predicted molar refractivity (Wildman–Crippen MR) is 91.2 cm³/mol. The Morgan fingerprint density at radius 3 is 2.25 bits per heavy atom. The van der Waals surface area contributed by atoms with Crippen LogP contribution in [0.1, 0.15) is 12.1 Å². The van der Waals surface area contributed by atoms with E-state index in [1.165, 1.54) is 0 Å². The molecular formula is C19H15F5N2O2. The molecule has 3 aromatic rings. The van der Waals surface area contributed by atoms with Crippen LogP contribution in [-0.2, 0) is 17.9 Å². The molecule has 1 N–H and O–H groups in total. The zero-order chi connectivity index (χ0) is 20.4. The number of benzene rings is 2. The largest absolute Gasteiger partial charge is 0.420 e. The SMILES string of the molecule is CNCc1cc2ccccc2n1CCC(=O)Oc1c(F)c(F)c(F)c(F)c1F. The van der Waals surface area contributed by atoms with Gasteiger partial charge in [0.1, 0.15) is 0 Å². The van der Waals surface area contributed by atoms with E-state index in [1.807, 2.05) is 34.9 Å². The minimum absolute atomic E-state index is 0.0960. The van der Waals surface area contributed by atoms with Gasteiger partial charge in [-0.05, 0) is 24.6 Å². The summed E-state index contributed by atoms with van der Waals surface area (Å²) >= 11 is 0. The van der Waals surface area contributed by atoms with E-state index in [4.69, 9.17) is 0 Å². The highest BCUT2D eigenvalue weighted by molar-refractivity contribution is 5.81. The number of esters is 1. The number of para-hydroxylation sites is 1. The van der Waals surface area contributed by atoms with Gasteiger partial charge in [0.05, 0.1) is 6.42 Å². The summed E-state index contributed by atoms with van der Waals surface area (Å²) in [6.07, 6.45) is -0.338. The van der Waals surface area contributed by atoms with Crippen molar-refractivity contribution in [3.63, 3.8) is 0 Å². The number of fused-ring (bicyclic) bond motifs is 1. The second-order valence-corrected chi connectivity index (χ2v) is 6.00. The molecule has 1 heterocycles. The molecule has 0 bridgehead atoms. The highest BCUT2D eigenvalue weighted by Gasteiger charge is 2.28. The Bertz CT molecular complexity index is 1020. The van der Waals surface area contributed by atoms with Gasteiger partial charge in [0, 0.05) is 24.3 Å². The lowest BCUT2D eigenvalue weighted by Crippen LogP contribution is -2.17. The van der Waals surface area contributed by atoms with Crippen LogP contribution >= 0.6 is 0 Å². The first-order valence-corrected chi connectivity index (χ1v) is 8.29. The number of ether oxygens (including phenoxy) is 1. The molecule has 0 aliphatic heterocycles. The first kappa shape index (κ1) is 19.8. The number of nitrogens with one attached hydrogen (secondary N) is 1. The minimum Gasteiger partial charge on any atom is -0.420 e. The van der Waals surface area contributed by atoms with Gasteiger partial charge in [-0.25, -0.2) is 13.2 Å². The highest BCUT2D eigenvalue weighted by Crippen LogP contribution is 2.29. The predicted octanol–water partition coefficient (Wildman–Crippen LogP) is 4.05. The normalized spacial score (nSPS) is 11.2. The molecule has 0 aliphatic rings. The molecule has 3 rings (SSSR count). The van der Waals surface area contributed by atoms with Crippen molar-refractivity contribution < 1.29 is 31.5 Å². The first-order valence-electron chi connectivity index (χ1n) is 8.29. The lowest BCUT2D eigenvalue weighted by Gasteiger charge is -2.12. The average Bonchev–Trinajstić information content (AvgIpc) is 3.04. The fourth-order valence-corrected chi connectivity index (χ4v) is 2.90. The second-order valence-electron chi connectivity index (χ2n) is 6.00. The Morgan fingerprint density at radius 2 is 1.61 bits per heavy atom. The number of hydrogen-bond acceptors (Lipinski definition) is 3. The summed E-state index contributed by atoms with van der Waals surface area (Å²) < 4.78 is 73.0. The average molecular weight is 398 g/mol. The molecule has 0 radical (unpaired) electrons. The monoisotopic (exact) mass is 398 g/mol. The Labute approximate surface area is 156 Å². The van der Waals surface area contributed by atoms with Crippen molar-refractivity contribution in [2.24, 2.45) is 0 Å². The topological polar surface area (TPSA) is 43.3 Å². The highest BCUT2D eigenvalue weighted by atomic mass is 19.2. The van der Waals surface area contributed by atoms with Gasteiger partial charge in [0.2, 0.25) is 34.8 Å². The van der Waals surface area contributed by atoms with Gasteiger partial charge in [-0.2, -0.15) is 8.78 Å². The number of carbonyl (C=O) groups is 1. The molecule has 2 aromatic carbocycles. The molecule has 9 heteroatoms. The van der Waals surface area contributed by atoms with Crippen molar-refractivity contribution in [1.29, 1.82) is 0 Å². The molecule has 0 fully saturated rings. The van der Waals surface area contributed by atoms with Gasteiger partial charge < -0.3 is 14.6 Å². The zero-order valence-electron chi connectivity index (χ0n) is 14.7. The molecule has 0 saturated heterocycles. The third kappa shape index (κ3) is 3.57. The molecule has 0 saturated carbocycles. The molecule has 0 amide bonds. The van der Waals surface area contributed by atoms with Crippen LogP contribution in [0.5, 0.6) is 5.75 Å². The van der Waals surface area contributed by atoms with Gasteiger partial charge in [0.15, 0.2) is 0 Å². The molecule has 0 spiro atoms. The van der Waals surface area contributed by atoms with Crippen LogP contribution in [0, 0.1) is 29.1 Å². The third-order valence-corrected chi connectivity index (χ3v) is 4.18. The molecule has 0 atom stereocenters. The first-order chi connectivity index (χ1) is 13.3. The van der Waals surface area contributed by atoms with Crippen LogP contribution in [0.3, 0.4) is 0 Å². The Balaban J connectivity index is 1.81. The molecule has 0 unspecified atom stereocenters. The molecule has 1 aromatic heterocycles. The van der Waals surface area contributed by atoms with Crippen LogP contribution in [0.15, 0.2) is 30.3 Å². The van der Waals surface area contributed by atoms with E-state index >= 15 is 0 Å². The summed E-state index contributed by atoms with van der Waals surface area (Å²) in [5.74, 6) is -13.8. The lowest BCUT2D eigenvalue weighted by molar-refractivity contribution is -0.135. The molecular weight excluding hydrogens is 383 g/mol. The van der Waals surface area contributed by atoms with Crippen LogP contribution in [0.4, 0.5) is 22.0 Å². The number of aryl methyl sites for hydroxylation is 1. The van der Waals surface area contributed by atoms with Crippen molar-refractivity contribution in [2.75, 3.05) is 7.05 Å². The van der Waals surface area contributed by atoms with Crippen molar-refractivity contribution in [1.82, 2.24) is 9.88 Å². The number of carbonyl (C=O) groups excluding carboxylic acids is 1. The Morgan fingerprint density at radius 1 is 1.00 bits per heavy atom. The van der Waals surface area contributed by atoms with Crippen LogP contribution in [0.2, 0.25) is 0 Å². The van der Waals surface area contributed by atoms with E-state index < -0.39 is 40.8 Å². The van der Waals surface area contributed by atoms with Crippen molar-refractivity contribution >= 4 is 16.9 Å². The Kier molecular flexibility index (Phi) is 5.64. The van der Waals surface area contributed by atoms with E-state index in [-0.39, 0.29) is 13.0 Å². The quantitative estimate of drug-likeness (QED) is 0.224. The standard InChI is InChI=1S/C19H15F5N2O2/c1-25-9-11-8-10-4-2-3-5-12(10)26(11)7-6-13(27)28-19-17(23)15(21)14(20)16(22)18(19)24/h2-5,8,25H,6-7,9H2,1H3. The summed E-state index contributed by atoms with van der Waals surface area (Å²) in [7, 11) is 1.75. The van der Waals surface area contributed by atoms with Crippen LogP contribution in [0.25, 0.3) is 10.9 Å². The van der Waals surface area contributed by atoms with E-state index in [9.17, 15) is 26.7 Å². The second kappa shape index (κ2) is 7.97. The number of aromatic nitrogens is 1. The summed E-state index contributed by atoms with van der Waals surface area (Å²) in [6.45, 7) is 0.597. The number of rotatable bonds is 6. The molecule has 148 valence electrons. The molecule has 28 heavy (non-hydrogen) atoms. The van der Waals surface area contributed by atoms with Crippen molar-refractivity contribution in [3.05, 3.63) is 65.1 Å².